The molecule has 3 saturated carbocycles. The van der Waals surface area contributed by atoms with Gasteiger partial charge in [-0.1, -0.05) is 57.8 Å². The summed E-state index contributed by atoms with van der Waals surface area (Å²) in [5.74, 6) is 2.23. The van der Waals surface area contributed by atoms with Crippen molar-refractivity contribution in [2.45, 2.75) is 114 Å². The Labute approximate surface area is 163 Å². The molecule has 6 nitrogen and oxygen atoms in total. The molecule has 27 heavy (non-hydrogen) atoms. The SMILES string of the molecule is C1CCC(Nc2nc(NC3CCCCC3)nc(NC3CCCCC3)n2)CC1. The van der Waals surface area contributed by atoms with Gasteiger partial charge in [0.1, 0.15) is 0 Å². The maximum Gasteiger partial charge on any atom is 0.229 e. The minimum atomic E-state index is 0.506. The monoisotopic (exact) mass is 372 g/mol. The largest absolute Gasteiger partial charge is 0.351 e. The van der Waals surface area contributed by atoms with Crippen molar-refractivity contribution in [3.63, 3.8) is 0 Å². The van der Waals surface area contributed by atoms with Crippen LogP contribution in [0, 0.1) is 0 Å². The van der Waals surface area contributed by atoms with Gasteiger partial charge in [-0.15, -0.1) is 0 Å². The Kier molecular flexibility index (Phi) is 6.64. The molecular formula is C21H36N6. The summed E-state index contributed by atoms with van der Waals surface area (Å²) >= 11 is 0. The third kappa shape index (κ3) is 5.69. The van der Waals surface area contributed by atoms with Gasteiger partial charge >= 0.3 is 0 Å². The Morgan fingerprint density at radius 1 is 0.407 bits per heavy atom. The molecule has 0 aromatic carbocycles. The molecule has 0 bridgehead atoms. The Bertz CT molecular complexity index is 481. The minimum Gasteiger partial charge on any atom is -0.351 e. The van der Waals surface area contributed by atoms with Gasteiger partial charge in [-0.25, -0.2) is 0 Å². The summed E-state index contributed by atoms with van der Waals surface area (Å²) < 4.78 is 0. The lowest BCUT2D eigenvalue weighted by molar-refractivity contribution is 0.456. The van der Waals surface area contributed by atoms with E-state index in [-0.39, 0.29) is 0 Å². The molecule has 1 heterocycles. The third-order valence-electron chi connectivity index (χ3n) is 6.45. The molecule has 4 rings (SSSR count). The predicted molar refractivity (Wildman–Crippen MR) is 111 cm³/mol. The molecule has 0 aliphatic heterocycles. The average Bonchev–Trinajstić information content (AvgIpc) is 2.70. The molecule has 1 aromatic heterocycles. The first-order valence-electron chi connectivity index (χ1n) is 11.4. The highest BCUT2D eigenvalue weighted by molar-refractivity contribution is 5.43. The first-order valence-corrected chi connectivity index (χ1v) is 11.4. The predicted octanol–water partition coefficient (Wildman–Crippen LogP) is 5.11. The fourth-order valence-corrected chi connectivity index (χ4v) is 4.86. The van der Waals surface area contributed by atoms with Gasteiger partial charge in [0.2, 0.25) is 17.8 Å². The number of aromatic nitrogens is 3. The standard InChI is InChI=1S/C21H36N6/c1-4-10-16(11-5-1)22-19-25-20(23-17-12-6-2-7-13-17)27-21(26-19)24-18-14-8-3-9-15-18/h16-18H,1-15H2,(H3,22,23,24,25,26,27). The Morgan fingerprint density at radius 2 is 0.667 bits per heavy atom. The molecule has 6 heteroatoms. The van der Waals surface area contributed by atoms with Gasteiger partial charge in [0.05, 0.1) is 0 Å². The van der Waals surface area contributed by atoms with Crippen molar-refractivity contribution < 1.29 is 0 Å². The van der Waals surface area contributed by atoms with Crippen molar-refractivity contribution >= 4 is 17.8 Å². The van der Waals surface area contributed by atoms with Gasteiger partial charge in [-0.05, 0) is 38.5 Å². The second-order valence-corrected chi connectivity index (χ2v) is 8.74. The summed E-state index contributed by atoms with van der Waals surface area (Å²) in [5, 5.41) is 10.8. The van der Waals surface area contributed by atoms with E-state index in [0.29, 0.717) is 18.1 Å². The van der Waals surface area contributed by atoms with Crippen molar-refractivity contribution in [3.05, 3.63) is 0 Å². The molecule has 3 N–H and O–H groups in total. The molecule has 0 atom stereocenters. The van der Waals surface area contributed by atoms with Gasteiger partial charge in [0.15, 0.2) is 0 Å². The Morgan fingerprint density at radius 3 is 0.926 bits per heavy atom. The molecule has 0 spiro atoms. The number of hydrogen-bond donors (Lipinski definition) is 3. The van der Waals surface area contributed by atoms with Crippen molar-refractivity contribution in [2.24, 2.45) is 0 Å². The normalized spacial score (nSPS) is 23.1. The van der Waals surface area contributed by atoms with E-state index in [1.54, 1.807) is 0 Å². The van der Waals surface area contributed by atoms with E-state index in [1.807, 2.05) is 0 Å². The highest BCUT2D eigenvalue weighted by atomic mass is 15.3. The van der Waals surface area contributed by atoms with E-state index < -0.39 is 0 Å². The lowest BCUT2D eigenvalue weighted by atomic mass is 9.95. The molecule has 0 saturated heterocycles. The molecule has 3 aliphatic carbocycles. The van der Waals surface area contributed by atoms with Gasteiger partial charge in [0.25, 0.3) is 0 Å². The zero-order chi connectivity index (χ0) is 18.3. The Balaban J connectivity index is 1.47. The number of nitrogens with one attached hydrogen (secondary N) is 3. The molecule has 3 aliphatic rings. The second-order valence-electron chi connectivity index (χ2n) is 8.74. The first kappa shape index (κ1) is 18.8. The van der Waals surface area contributed by atoms with Gasteiger partial charge in [0, 0.05) is 18.1 Å². The maximum atomic E-state index is 4.73. The average molecular weight is 373 g/mol. The topological polar surface area (TPSA) is 74.8 Å². The van der Waals surface area contributed by atoms with E-state index in [2.05, 4.69) is 16.0 Å². The van der Waals surface area contributed by atoms with Crippen LogP contribution in [0.15, 0.2) is 0 Å². The summed E-state index contributed by atoms with van der Waals surface area (Å²) in [6.07, 6.45) is 19.3. The summed E-state index contributed by atoms with van der Waals surface area (Å²) in [4.78, 5) is 14.2. The summed E-state index contributed by atoms with van der Waals surface area (Å²) in [6, 6.07) is 1.52. The Hall–Kier alpha value is -1.59. The molecule has 0 radical (unpaired) electrons. The van der Waals surface area contributed by atoms with Crippen molar-refractivity contribution in [1.82, 2.24) is 15.0 Å². The zero-order valence-electron chi connectivity index (χ0n) is 16.7. The molecule has 1 aromatic rings. The van der Waals surface area contributed by atoms with Crippen LogP contribution in [-0.2, 0) is 0 Å². The van der Waals surface area contributed by atoms with Gasteiger partial charge in [-0.3, -0.25) is 0 Å². The van der Waals surface area contributed by atoms with E-state index in [4.69, 9.17) is 15.0 Å². The first-order chi connectivity index (χ1) is 13.3. The smallest absolute Gasteiger partial charge is 0.229 e. The third-order valence-corrected chi connectivity index (χ3v) is 6.45. The maximum absolute atomic E-state index is 4.73. The quantitative estimate of drug-likeness (QED) is 0.644. The molecule has 3 fully saturated rings. The highest BCUT2D eigenvalue weighted by Crippen LogP contribution is 2.25. The van der Waals surface area contributed by atoms with Crippen LogP contribution < -0.4 is 16.0 Å². The fraction of sp³-hybridized carbons (Fsp3) is 0.857. The fourth-order valence-electron chi connectivity index (χ4n) is 4.86. The number of anilines is 3. The zero-order valence-corrected chi connectivity index (χ0v) is 16.7. The molecular weight excluding hydrogens is 336 g/mol. The van der Waals surface area contributed by atoms with Crippen LogP contribution in [0.25, 0.3) is 0 Å². The van der Waals surface area contributed by atoms with E-state index in [9.17, 15) is 0 Å². The number of hydrogen-bond acceptors (Lipinski definition) is 6. The summed E-state index contributed by atoms with van der Waals surface area (Å²) in [5.41, 5.74) is 0. The molecule has 0 unspecified atom stereocenters. The van der Waals surface area contributed by atoms with Crippen LogP contribution in [0.2, 0.25) is 0 Å². The lowest BCUT2D eigenvalue weighted by Gasteiger charge is -2.26. The van der Waals surface area contributed by atoms with Crippen LogP contribution in [-0.4, -0.2) is 33.1 Å². The highest BCUT2D eigenvalue weighted by Gasteiger charge is 2.20. The van der Waals surface area contributed by atoms with Crippen LogP contribution in [0.3, 0.4) is 0 Å². The van der Waals surface area contributed by atoms with Crippen LogP contribution in [0.5, 0.6) is 0 Å². The van der Waals surface area contributed by atoms with Crippen LogP contribution in [0.1, 0.15) is 96.3 Å². The van der Waals surface area contributed by atoms with Gasteiger partial charge < -0.3 is 16.0 Å². The number of rotatable bonds is 6. The lowest BCUT2D eigenvalue weighted by Crippen LogP contribution is -2.28. The van der Waals surface area contributed by atoms with Crippen molar-refractivity contribution in [3.8, 4) is 0 Å². The van der Waals surface area contributed by atoms with Crippen molar-refractivity contribution in [2.75, 3.05) is 16.0 Å². The van der Waals surface area contributed by atoms with Crippen LogP contribution >= 0.6 is 0 Å². The van der Waals surface area contributed by atoms with E-state index in [1.165, 1.54) is 96.3 Å². The summed E-state index contributed by atoms with van der Waals surface area (Å²) in [6.45, 7) is 0. The van der Waals surface area contributed by atoms with Crippen LogP contribution in [0.4, 0.5) is 17.8 Å². The number of nitrogens with zero attached hydrogens (tertiary/aromatic N) is 3. The minimum absolute atomic E-state index is 0.506. The molecule has 0 amide bonds. The van der Waals surface area contributed by atoms with Gasteiger partial charge in [-0.2, -0.15) is 15.0 Å². The van der Waals surface area contributed by atoms with E-state index >= 15 is 0 Å². The summed E-state index contributed by atoms with van der Waals surface area (Å²) in [7, 11) is 0. The second kappa shape index (κ2) is 9.56. The van der Waals surface area contributed by atoms with E-state index in [0.717, 1.165) is 17.8 Å². The molecule has 150 valence electrons. The van der Waals surface area contributed by atoms with Crippen molar-refractivity contribution in [1.29, 1.82) is 0 Å².